The van der Waals surface area contributed by atoms with E-state index in [0.29, 0.717) is 5.02 Å². The molecule has 0 spiro atoms. The zero-order chi connectivity index (χ0) is 41.4. The Morgan fingerprint density at radius 2 is 0.983 bits per heavy atom. The maximum Gasteiger partial charge on any atom is 0.412 e. The first kappa shape index (κ1) is 38.8. The van der Waals surface area contributed by atoms with Gasteiger partial charge in [-0.15, -0.1) is 0 Å². The molecule has 0 aliphatic carbocycles. The van der Waals surface area contributed by atoms with E-state index >= 15 is 0 Å². The number of hydrogen-bond acceptors (Lipinski definition) is 16. The van der Waals surface area contributed by atoms with E-state index in [1.807, 2.05) is 6.92 Å². The molecule has 2 saturated heterocycles. The second-order valence-corrected chi connectivity index (χ2v) is 13.3. The number of halogens is 1. The second kappa shape index (κ2) is 15.6. The molecule has 23 heteroatoms. The van der Waals surface area contributed by atoms with Gasteiger partial charge in [0.2, 0.25) is 36.1 Å². The Balaban J connectivity index is 0.000000177. The van der Waals surface area contributed by atoms with Crippen molar-refractivity contribution in [3.8, 4) is 0 Å². The van der Waals surface area contributed by atoms with Gasteiger partial charge in [-0.2, -0.15) is 0 Å². The highest BCUT2D eigenvalue weighted by molar-refractivity contribution is 6.30. The number of carbonyl (C=O) groups is 8. The summed E-state index contributed by atoms with van der Waals surface area (Å²) in [5, 5.41) is 0.358. The lowest BCUT2D eigenvalue weighted by Crippen LogP contribution is -2.54. The fourth-order valence-electron chi connectivity index (χ4n) is 5.92. The Morgan fingerprint density at radius 3 is 1.36 bits per heavy atom. The number of piperazine rings is 2. The summed E-state index contributed by atoms with van der Waals surface area (Å²) >= 11 is 5.85. The standard InChI is InChI=1S/C18H16N6O5.C17H13ClN6O5/c1-10-3-4-11(21-7-10)24-16(27)14-15(20-6-5-19-14)17(24)29-18(28)23-8-12(25)22(2)13(26)9-23;1-22-11(25)7-23(8-12(22)26)17(28)29-16-14-13(19-4-5-20-14)15(27)24(16)10-3-2-9(18)6-21-10/h3-7,17H,8-9H2,1-2H3;2-6,16H,7-8H2,1H3/t17-;16-/m10/s1. The Kier molecular flexibility index (Phi) is 10.4. The zero-order valence-electron chi connectivity index (χ0n) is 30.6. The van der Waals surface area contributed by atoms with E-state index in [1.165, 1.54) is 62.1 Å². The topological polar surface area (TPSA) is 252 Å². The van der Waals surface area contributed by atoms with E-state index in [0.717, 1.165) is 30.1 Å². The highest BCUT2D eigenvalue weighted by Crippen LogP contribution is 2.37. The molecular formula is C35H29ClN12O10. The van der Waals surface area contributed by atoms with Crippen LogP contribution in [-0.4, -0.2) is 137 Å². The molecule has 0 N–H and O–H groups in total. The van der Waals surface area contributed by atoms with Gasteiger partial charge in [-0.05, 0) is 30.7 Å². The fraction of sp³-hybridized carbons (Fsp3) is 0.257. The van der Waals surface area contributed by atoms with Crippen LogP contribution in [0.15, 0.2) is 61.4 Å². The maximum atomic E-state index is 12.9. The summed E-state index contributed by atoms with van der Waals surface area (Å²) < 4.78 is 11.0. The minimum atomic E-state index is -1.27. The number of aromatic nitrogens is 6. The highest BCUT2D eigenvalue weighted by atomic mass is 35.5. The number of anilines is 2. The van der Waals surface area contributed by atoms with Gasteiger partial charge in [0.25, 0.3) is 11.8 Å². The Morgan fingerprint density at radius 1 is 0.586 bits per heavy atom. The van der Waals surface area contributed by atoms with Crippen molar-refractivity contribution in [2.24, 2.45) is 0 Å². The van der Waals surface area contributed by atoms with Crippen LogP contribution < -0.4 is 9.80 Å². The summed E-state index contributed by atoms with van der Waals surface area (Å²) in [6, 6.07) is 6.38. The number of pyridine rings is 2. The quantitative estimate of drug-likeness (QED) is 0.260. The number of imide groups is 2. The monoisotopic (exact) mass is 812 g/mol. The highest BCUT2D eigenvalue weighted by Gasteiger charge is 2.46. The minimum absolute atomic E-state index is 0.00702. The third-order valence-corrected chi connectivity index (χ3v) is 9.30. The van der Waals surface area contributed by atoms with Crippen LogP contribution >= 0.6 is 11.6 Å². The minimum Gasteiger partial charge on any atom is -0.419 e. The normalized spacial score (nSPS) is 18.9. The Labute approximate surface area is 331 Å². The summed E-state index contributed by atoms with van der Waals surface area (Å²) in [6.45, 7) is 0.581. The summed E-state index contributed by atoms with van der Waals surface area (Å²) in [7, 11) is 2.68. The van der Waals surface area contributed by atoms with Gasteiger partial charge in [0.05, 0.1) is 5.02 Å². The predicted molar refractivity (Wildman–Crippen MR) is 193 cm³/mol. The van der Waals surface area contributed by atoms with Gasteiger partial charge in [-0.25, -0.2) is 39.3 Å². The van der Waals surface area contributed by atoms with Crippen molar-refractivity contribution < 1.29 is 47.8 Å². The van der Waals surface area contributed by atoms with Gasteiger partial charge >= 0.3 is 12.2 Å². The second-order valence-electron chi connectivity index (χ2n) is 12.8. The molecule has 4 aliphatic heterocycles. The van der Waals surface area contributed by atoms with Crippen LogP contribution in [0.3, 0.4) is 0 Å². The number of fused-ring (bicyclic) bond motifs is 2. The third kappa shape index (κ3) is 7.30. The van der Waals surface area contributed by atoms with Crippen molar-refractivity contribution in [2.75, 3.05) is 50.1 Å². The van der Waals surface area contributed by atoms with Crippen LogP contribution in [0.25, 0.3) is 0 Å². The van der Waals surface area contributed by atoms with Crippen LogP contribution in [0.4, 0.5) is 21.2 Å². The number of ether oxygens (including phenoxy) is 2. The summed E-state index contributed by atoms with van der Waals surface area (Å²) in [5.74, 6) is -2.81. The SMILES string of the molecule is CN1C(=O)CN(C(=O)O[C@H]2c3nccnc3C(=O)N2c2ccc(Cl)cn2)CC1=O.Cc1ccc(N2C(=O)c3nccnc3[C@H]2OC(=O)N2CC(=O)N(C)C(=O)C2)nc1. The average molecular weight is 813 g/mol. The van der Waals surface area contributed by atoms with Crippen molar-refractivity contribution >= 4 is 70.9 Å². The zero-order valence-corrected chi connectivity index (χ0v) is 31.3. The van der Waals surface area contributed by atoms with E-state index in [2.05, 4.69) is 29.9 Å². The largest absolute Gasteiger partial charge is 0.419 e. The van der Waals surface area contributed by atoms with Gasteiger partial charge < -0.3 is 9.47 Å². The number of carbonyl (C=O) groups excluding carboxylic acids is 8. The van der Waals surface area contributed by atoms with Crippen molar-refractivity contribution in [1.82, 2.24) is 49.5 Å². The molecule has 2 fully saturated rings. The molecule has 58 heavy (non-hydrogen) atoms. The van der Waals surface area contributed by atoms with Crippen molar-refractivity contribution in [3.63, 3.8) is 0 Å². The average Bonchev–Trinajstić information content (AvgIpc) is 3.65. The van der Waals surface area contributed by atoms with Gasteiger partial charge in [-0.1, -0.05) is 17.7 Å². The molecule has 296 valence electrons. The molecule has 4 aromatic heterocycles. The number of hydrogen-bond donors (Lipinski definition) is 0. The molecule has 22 nitrogen and oxygen atoms in total. The number of nitrogens with zero attached hydrogens (tertiary/aromatic N) is 12. The van der Waals surface area contributed by atoms with E-state index < -0.39 is 60.1 Å². The maximum absolute atomic E-state index is 12.9. The van der Waals surface area contributed by atoms with E-state index in [-0.39, 0.29) is 60.6 Å². The van der Waals surface area contributed by atoms with Gasteiger partial charge in [-0.3, -0.25) is 58.3 Å². The summed E-state index contributed by atoms with van der Waals surface area (Å²) in [6.07, 6.45) is 3.98. The molecule has 8 rings (SSSR count). The Bertz CT molecular complexity index is 2180. The van der Waals surface area contributed by atoms with E-state index in [9.17, 15) is 38.4 Å². The van der Waals surface area contributed by atoms with Gasteiger partial charge in [0.1, 0.15) is 49.2 Å². The van der Waals surface area contributed by atoms with Crippen LogP contribution in [0.5, 0.6) is 0 Å². The molecule has 4 aliphatic rings. The lowest BCUT2D eigenvalue weighted by atomic mass is 10.3. The number of likely N-dealkylation sites (N-methyl/N-ethyl adjacent to an activating group) is 2. The first-order chi connectivity index (χ1) is 27.7. The molecule has 8 amide bonds. The van der Waals surface area contributed by atoms with Crippen molar-refractivity contribution in [2.45, 2.75) is 19.4 Å². The van der Waals surface area contributed by atoms with Crippen LogP contribution in [0, 0.1) is 6.92 Å². The molecule has 8 heterocycles. The fourth-order valence-corrected chi connectivity index (χ4v) is 6.03. The molecule has 0 saturated carbocycles. The number of aryl methyl sites for hydroxylation is 1. The molecule has 0 radical (unpaired) electrons. The third-order valence-electron chi connectivity index (χ3n) is 9.08. The van der Waals surface area contributed by atoms with Crippen LogP contribution in [0.2, 0.25) is 5.02 Å². The van der Waals surface area contributed by atoms with Gasteiger partial charge in [0.15, 0.2) is 11.4 Å². The first-order valence-electron chi connectivity index (χ1n) is 17.1. The molecule has 2 atom stereocenters. The Hall–Kier alpha value is -7.49. The lowest BCUT2D eigenvalue weighted by Gasteiger charge is -2.31. The number of amides is 8. The predicted octanol–water partition coefficient (Wildman–Crippen LogP) is 0.897. The summed E-state index contributed by atoms with van der Waals surface area (Å²) in [4.78, 5) is 129. The number of rotatable bonds is 4. The molecule has 0 bridgehead atoms. The molecule has 4 aromatic rings. The molecule has 0 aromatic carbocycles. The van der Waals surface area contributed by atoms with Crippen LogP contribution in [0.1, 0.15) is 50.4 Å². The lowest BCUT2D eigenvalue weighted by molar-refractivity contribution is -0.150. The van der Waals surface area contributed by atoms with Crippen molar-refractivity contribution in [1.29, 1.82) is 0 Å². The van der Waals surface area contributed by atoms with Gasteiger partial charge in [0, 0.05) is 51.3 Å². The van der Waals surface area contributed by atoms with Crippen molar-refractivity contribution in [3.05, 3.63) is 94.8 Å². The molecule has 0 unspecified atom stereocenters. The van der Waals surface area contributed by atoms with E-state index in [4.69, 9.17) is 21.1 Å². The van der Waals surface area contributed by atoms with E-state index in [1.54, 1.807) is 18.3 Å². The first-order valence-corrected chi connectivity index (χ1v) is 17.4. The van der Waals surface area contributed by atoms with Crippen LogP contribution in [-0.2, 0) is 28.7 Å². The summed E-state index contributed by atoms with van der Waals surface area (Å²) in [5.41, 5.74) is 1.21. The smallest absolute Gasteiger partial charge is 0.412 e. The molecular weight excluding hydrogens is 784 g/mol.